The number of amides is 2. The molecule has 2 amide bonds. The molecular formula is C17H13ClN2O2. The van der Waals surface area contributed by atoms with Gasteiger partial charge in [0.05, 0.1) is 0 Å². The Labute approximate surface area is 132 Å². The summed E-state index contributed by atoms with van der Waals surface area (Å²) in [7, 11) is 0. The molecule has 0 fully saturated rings. The maximum atomic E-state index is 12.1. The minimum atomic E-state index is -0.150. The van der Waals surface area contributed by atoms with Crippen LogP contribution in [0.4, 0.5) is 11.4 Å². The molecule has 2 N–H and O–H groups in total. The van der Waals surface area contributed by atoms with E-state index in [0.717, 1.165) is 16.8 Å². The van der Waals surface area contributed by atoms with Gasteiger partial charge in [-0.05, 0) is 42.0 Å². The Bertz CT molecular complexity index is 795. The summed E-state index contributed by atoms with van der Waals surface area (Å²) in [4.78, 5) is 23.1. The minimum absolute atomic E-state index is 0.121. The maximum absolute atomic E-state index is 12.1. The number of hydrogen-bond donors (Lipinski definition) is 2. The number of nitrogens with one attached hydrogen (secondary N) is 2. The fraction of sp³-hybridized carbons (Fsp3) is 0.0588. The Kier molecular flexibility index (Phi) is 3.69. The molecule has 4 nitrogen and oxygen atoms in total. The zero-order chi connectivity index (χ0) is 15.7. The molecular weight excluding hydrogens is 300 g/mol. The molecule has 0 aromatic heterocycles. The van der Waals surface area contributed by atoms with Crippen molar-refractivity contribution in [3.05, 3.63) is 58.6 Å². The second-order valence-corrected chi connectivity index (χ2v) is 5.44. The molecule has 0 aliphatic carbocycles. The summed E-state index contributed by atoms with van der Waals surface area (Å²) in [5.41, 5.74) is 3.71. The standard InChI is InChI=1S/C17H13ClN2O2/c1-10(21)19-13-5-2-11(3-6-13)8-15-14-9-12(18)4-7-16(14)20-17(15)22/h2-9H,1H3,(H,19,21)(H,20,22)/b15-8+. The second kappa shape index (κ2) is 5.66. The lowest BCUT2D eigenvalue weighted by Crippen LogP contribution is -2.05. The van der Waals surface area contributed by atoms with Crippen LogP contribution >= 0.6 is 11.6 Å². The predicted molar refractivity (Wildman–Crippen MR) is 88.7 cm³/mol. The van der Waals surface area contributed by atoms with E-state index < -0.39 is 0 Å². The van der Waals surface area contributed by atoms with Gasteiger partial charge in [-0.15, -0.1) is 0 Å². The molecule has 0 bridgehead atoms. The van der Waals surface area contributed by atoms with E-state index in [1.807, 2.05) is 12.1 Å². The van der Waals surface area contributed by atoms with Crippen LogP contribution in [0.5, 0.6) is 0 Å². The highest BCUT2D eigenvalue weighted by molar-refractivity contribution is 6.36. The number of carbonyl (C=O) groups is 2. The van der Waals surface area contributed by atoms with Crippen molar-refractivity contribution < 1.29 is 9.59 Å². The highest BCUT2D eigenvalue weighted by Crippen LogP contribution is 2.34. The van der Waals surface area contributed by atoms with Crippen molar-refractivity contribution in [2.45, 2.75) is 6.92 Å². The van der Waals surface area contributed by atoms with Gasteiger partial charge in [0.1, 0.15) is 0 Å². The smallest absolute Gasteiger partial charge is 0.256 e. The summed E-state index contributed by atoms with van der Waals surface area (Å²) in [5, 5.41) is 6.10. The topological polar surface area (TPSA) is 58.2 Å². The van der Waals surface area contributed by atoms with Gasteiger partial charge >= 0.3 is 0 Å². The average Bonchev–Trinajstić information content (AvgIpc) is 2.76. The van der Waals surface area contributed by atoms with E-state index >= 15 is 0 Å². The van der Waals surface area contributed by atoms with Crippen LogP contribution in [0.3, 0.4) is 0 Å². The van der Waals surface area contributed by atoms with Crippen molar-refractivity contribution >= 4 is 46.4 Å². The number of halogens is 1. The lowest BCUT2D eigenvalue weighted by Gasteiger charge is -2.03. The van der Waals surface area contributed by atoms with Gasteiger partial charge in [0.25, 0.3) is 5.91 Å². The molecule has 1 heterocycles. The molecule has 0 saturated heterocycles. The van der Waals surface area contributed by atoms with Gasteiger partial charge in [-0.1, -0.05) is 23.7 Å². The third-order valence-corrected chi connectivity index (χ3v) is 3.54. The van der Waals surface area contributed by atoms with E-state index in [2.05, 4.69) is 10.6 Å². The highest BCUT2D eigenvalue weighted by atomic mass is 35.5. The van der Waals surface area contributed by atoms with E-state index in [1.54, 1.807) is 36.4 Å². The van der Waals surface area contributed by atoms with Crippen molar-refractivity contribution in [1.82, 2.24) is 0 Å². The number of fused-ring (bicyclic) bond motifs is 1. The first-order valence-corrected chi connectivity index (χ1v) is 7.11. The minimum Gasteiger partial charge on any atom is -0.326 e. The molecule has 3 rings (SSSR count). The molecule has 5 heteroatoms. The summed E-state index contributed by atoms with van der Waals surface area (Å²) in [6.45, 7) is 1.46. The molecule has 0 radical (unpaired) electrons. The summed E-state index contributed by atoms with van der Waals surface area (Å²) in [6, 6.07) is 12.6. The van der Waals surface area contributed by atoms with Crippen LogP contribution in [0, 0.1) is 0 Å². The Morgan fingerprint density at radius 3 is 2.59 bits per heavy atom. The van der Waals surface area contributed by atoms with Gasteiger partial charge in [0.2, 0.25) is 5.91 Å². The summed E-state index contributed by atoms with van der Waals surface area (Å²) >= 11 is 6.00. The van der Waals surface area contributed by atoms with Gasteiger partial charge in [0, 0.05) is 34.5 Å². The van der Waals surface area contributed by atoms with E-state index in [4.69, 9.17) is 11.6 Å². The predicted octanol–water partition coefficient (Wildman–Crippen LogP) is 3.79. The van der Waals surface area contributed by atoms with Crippen LogP contribution in [-0.4, -0.2) is 11.8 Å². The first-order chi connectivity index (χ1) is 10.5. The van der Waals surface area contributed by atoms with Gasteiger partial charge in [-0.3, -0.25) is 9.59 Å². The van der Waals surface area contributed by atoms with Gasteiger partial charge < -0.3 is 10.6 Å². The number of benzene rings is 2. The van der Waals surface area contributed by atoms with Gasteiger partial charge in [0.15, 0.2) is 0 Å². The number of anilines is 2. The van der Waals surface area contributed by atoms with Crippen molar-refractivity contribution in [2.75, 3.05) is 10.6 Å². The third-order valence-electron chi connectivity index (χ3n) is 3.31. The Morgan fingerprint density at radius 1 is 1.18 bits per heavy atom. The van der Waals surface area contributed by atoms with Crippen molar-refractivity contribution in [1.29, 1.82) is 0 Å². The Hall–Kier alpha value is -2.59. The van der Waals surface area contributed by atoms with Crippen LogP contribution in [0.1, 0.15) is 18.1 Å². The second-order valence-electron chi connectivity index (χ2n) is 5.01. The zero-order valence-electron chi connectivity index (χ0n) is 11.8. The molecule has 0 atom stereocenters. The Morgan fingerprint density at radius 2 is 1.91 bits per heavy atom. The van der Waals surface area contributed by atoms with Crippen LogP contribution in [-0.2, 0) is 9.59 Å². The lowest BCUT2D eigenvalue weighted by molar-refractivity contribution is -0.114. The van der Waals surface area contributed by atoms with Crippen LogP contribution in [0.25, 0.3) is 11.6 Å². The van der Waals surface area contributed by atoms with E-state index in [0.29, 0.717) is 16.3 Å². The molecule has 0 unspecified atom stereocenters. The lowest BCUT2D eigenvalue weighted by atomic mass is 10.0. The van der Waals surface area contributed by atoms with Crippen LogP contribution in [0.15, 0.2) is 42.5 Å². The molecule has 22 heavy (non-hydrogen) atoms. The Balaban J connectivity index is 1.94. The maximum Gasteiger partial charge on any atom is 0.256 e. The van der Waals surface area contributed by atoms with E-state index in [-0.39, 0.29) is 11.8 Å². The molecule has 1 aliphatic rings. The monoisotopic (exact) mass is 312 g/mol. The van der Waals surface area contributed by atoms with E-state index in [9.17, 15) is 9.59 Å². The van der Waals surface area contributed by atoms with E-state index in [1.165, 1.54) is 6.92 Å². The van der Waals surface area contributed by atoms with Crippen LogP contribution in [0.2, 0.25) is 5.02 Å². The van der Waals surface area contributed by atoms with Crippen molar-refractivity contribution in [2.24, 2.45) is 0 Å². The largest absolute Gasteiger partial charge is 0.326 e. The molecule has 2 aromatic rings. The highest BCUT2D eigenvalue weighted by Gasteiger charge is 2.24. The molecule has 110 valence electrons. The number of hydrogen-bond acceptors (Lipinski definition) is 2. The van der Waals surface area contributed by atoms with Gasteiger partial charge in [-0.25, -0.2) is 0 Å². The van der Waals surface area contributed by atoms with Gasteiger partial charge in [-0.2, -0.15) is 0 Å². The first-order valence-electron chi connectivity index (χ1n) is 6.73. The SMILES string of the molecule is CC(=O)Nc1ccc(/C=C2/C(=O)Nc3ccc(Cl)cc32)cc1. The summed E-state index contributed by atoms with van der Waals surface area (Å²) < 4.78 is 0. The average molecular weight is 313 g/mol. The molecule has 1 aliphatic heterocycles. The molecule has 0 saturated carbocycles. The summed E-state index contributed by atoms with van der Waals surface area (Å²) in [5.74, 6) is -0.270. The summed E-state index contributed by atoms with van der Waals surface area (Å²) in [6.07, 6.45) is 1.80. The fourth-order valence-electron chi connectivity index (χ4n) is 2.34. The van der Waals surface area contributed by atoms with Crippen LogP contribution < -0.4 is 10.6 Å². The molecule has 2 aromatic carbocycles. The third kappa shape index (κ3) is 2.87. The number of rotatable bonds is 2. The quantitative estimate of drug-likeness (QED) is 0.829. The van der Waals surface area contributed by atoms with Crippen molar-refractivity contribution in [3.8, 4) is 0 Å². The number of carbonyl (C=O) groups excluding carboxylic acids is 2. The first kappa shape index (κ1) is 14.4. The molecule has 0 spiro atoms. The fourth-order valence-corrected chi connectivity index (χ4v) is 2.51. The zero-order valence-corrected chi connectivity index (χ0v) is 12.6. The normalized spacial score (nSPS) is 14.6. The van der Waals surface area contributed by atoms with Crippen molar-refractivity contribution in [3.63, 3.8) is 0 Å².